The number of methoxy groups -OCH3 is 1. The molecule has 1 spiro atoms. The first-order valence-electron chi connectivity index (χ1n) is 9.18. The topological polar surface area (TPSA) is 72.7 Å². The minimum absolute atomic E-state index is 0.0416. The maximum atomic E-state index is 12.5. The number of carbonyl (C=O) groups is 1. The van der Waals surface area contributed by atoms with Crippen molar-refractivity contribution >= 4 is 11.7 Å². The number of anilines is 1. The summed E-state index contributed by atoms with van der Waals surface area (Å²) in [5.74, 6) is 1.07. The lowest BCUT2D eigenvalue weighted by atomic mass is 9.86. The molecule has 2 aliphatic heterocycles. The van der Waals surface area contributed by atoms with Gasteiger partial charge in [-0.25, -0.2) is 4.98 Å². The lowest BCUT2D eigenvalue weighted by molar-refractivity contribution is -0.131. The molecule has 0 bridgehead atoms. The fourth-order valence-electron chi connectivity index (χ4n) is 3.99. The van der Waals surface area contributed by atoms with E-state index in [1.165, 1.54) is 0 Å². The first-order chi connectivity index (χ1) is 12.6. The van der Waals surface area contributed by atoms with E-state index in [4.69, 9.17) is 10.00 Å². The van der Waals surface area contributed by atoms with Crippen molar-refractivity contribution in [3.63, 3.8) is 0 Å². The summed E-state index contributed by atoms with van der Waals surface area (Å²) >= 11 is 0. The molecule has 3 rings (SSSR count). The fourth-order valence-corrected chi connectivity index (χ4v) is 3.99. The Morgan fingerprint density at radius 1 is 1.31 bits per heavy atom. The van der Waals surface area contributed by atoms with E-state index in [0.717, 1.165) is 44.8 Å². The lowest BCUT2D eigenvalue weighted by Gasteiger charge is -2.49. The van der Waals surface area contributed by atoms with Crippen LogP contribution in [0.25, 0.3) is 0 Å². The number of rotatable bonds is 4. The number of hydrogen-bond donors (Lipinski definition) is 0. The second kappa shape index (κ2) is 8.02. The highest BCUT2D eigenvalue weighted by Crippen LogP contribution is 2.33. The van der Waals surface area contributed by atoms with Crippen LogP contribution in [0.5, 0.6) is 0 Å². The maximum absolute atomic E-state index is 12.5. The molecule has 7 heteroatoms. The van der Waals surface area contributed by atoms with Gasteiger partial charge in [0.25, 0.3) is 0 Å². The average molecular weight is 357 g/mol. The summed E-state index contributed by atoms with van der Waals surface area (Å²) in [6.07, 6.45) is 2.35. The summed E-state index contributed by atoms with van der Waals surface area (Å²) in [4.78, 5) is 23.5. The molecule has 0 saturated carbocycles. The summed E-state index contributed by atoms with van der Waals surface area (Å²) < 4.78 is 5.14. The van der Waals surface area contributed by atoms with Gasteiger partial charge in [-0.1, -0.05) is 6.07 Å². The Labute approximate surface area is 155 Å². The zero-order valence-corrected chi connectivity index (χ0v) is 15.6. The highest BCUT2D eigenvalue weighted by atomic mass is 16.5. The van der Waals surface area contributed by atoms with Gasteiger partial charge in [0, 0.05) is 51.8 Å². The molecule has 2 fully saturated rings. The molecular formula is C19H27N5O2. The first kappa shape index (κ1) is 18.6. The molecule has 26 heavy (non-hydrogen) atoms. The van der Waals surface area contributed by atoms with E-state index in [1.807, 2.05) is 17.0 Å². The molecule has 2 aliphatic rings. The molecule has 1 aromatic heterocycles. The molecule has 1 aromatic rings. The van der Waals surface area contributed by atoms with Gasteiger partial charge in [0.15, 0.2) is 0 Å². The van der Waals surface area contributed by atoms with Crippen LogP contribution < -0.4 is 4.90 Å². The van der Waals surface area contributed by atoms with E-state index in [0.29, 0.717) is 25.3 Å². The number of nitriles is 1. The number of amides is 1. The number of ether oxygens (including phenoxy) is 1. The van der Waals surface area contributed by atoms with Crippen LogP contribution in [0.3, 0.4) is 0 Å². The Kier molecular flexibility index (Phi) is 5.74. The third-order valence-corrected chi connectivity index (χ3v) is 5.74. The van der Waals surface area contributed by atoms with E-state index in [2.05, 4.69) is 27.9 Å². The van der Waals surface area contributed by atoms with Crippen molar-refractivity contribution in [1.29, 1.82) is 5.26 Å². The molecule has 1 atom stereocenters. The summed E-state index contributed by atoms with van der Waals surface area (Å²) in [7, 11) is 3.82. The third-order valence-electron chi connectivity index (χ3n) is 5.74. The minimum Gasteiger partial charge on any atom is -0.383 e. The second-order valence-electron chi connectivity index (χ2n) is 7.18. The number of carbonyl (C=O) groups excluding carboxylic acids is 1. The number of hydrogen-bond acceptors (Lipinski definition) is 6. The number of piperazine rings is 1. The SMILES string of the molecule is COCCN1CCC2(CCC1=O)CN(c1cccc(C#N)n1)CCN2C. The van der Waals surface area contributed by atoms with Crippen molar-refractivity contribution in [2.24, 2.45) is 0 Å². The van der Waals surface area contributed by atoms with Crippen LogP contribution in [0.2, 0.25) is 0 Å². The zero-order chi connectivity index (χ0) is 18.6. The molecule has 1 amide bonds. The van der Waals surface area contributed by atoms with E-state index in [-0.39, 0.29) is 11.4 Å². The van der Waals surface area contributed by atoms with Crippen molar-refractivity contribution in [1.82, 2.24) is 14.8 Å². The van der Waals surface area contributed by atoms with E-state index >= 15 is 0 Å². The van der Waals surface area contributed by atoms with Gasteiger partial charge in [-0.15, -0.1) is 0 Å². The van der Waals surface area contributed by atoms with E-state index in [9.17, 15) is 4.79 Å². The average Bonchev–Trinajstić information content (AvgIpc) is 2.82. The largest absolute Gasteiger partial charge is 0.383 e. The maximum Gasteiger partial charge on any atom is 0.222 e. The molecule has 0 radical (unpaired) electrons. The molecular weight excluding hydrogens is 330 g/mol. The zero-order valence-electron chi connectivity index (χ0n) is 15.6. The summed E-state index contributed by atoms with van der Waals surface area (Å²) in [6.45, 7) is 4.62. The van der Waals surface area contributed by atoms with Gasteiger partial charge in [0.05, 0.1) is 6.61 Å². The number of aromatic nitrogens is 1. The predicted octanol–water partition coefficient (Wildman–Crippen LogP) is 1.10. The number of likely N-dealkylation sites (N-methyl/N-ethyl adjacent to an activating group) is 1. The Balaban J connectivity index is 1.77. The summed E-state index contributed by atoms with van der Waals surface area (Å²) in [6, 6.07) is 7.69. The van der Waals surface area contributed by atoms with Crippen LogP contribution in [-0.4, -0.2) is 79.7 Å². The van der Waals surface area contributed by atoms with Crippen LogP contribution in [0.15, 0.2) is 18.2 Å². The molecule has 0 aromatic carbocycles. The second-order valence-corrected chi connectivity index (χ2v) is 7.18. The van der Waals surface area contributed by atoms with Gasteiger partial charge in [-0.3, -0.25) is 9.69 Å². The molecule has 140 valence electrons. The summed E-state index contributed by atoms with van der Waals surface area (Å²) in [5.41, 5.74) is 0.400. The molecule has 0 aliphatic carbocycles. The Bertz CT molecular complexity index is 689. The van der Waals surface area contributed by atoms with E-state index < -0.39 is 0 Å². The van der Waals surface area contributed by atoms with Crippen molar-refractivity contribution < 1.29 is 9.53 Å². The van der Waals surface area contributed by atoms with Crippen LogP contribution in [0.4, 0.5) is 5.82 Å². The quantitative estimate of drug-likeness (QED) is 0.804. The van der Waals surface area contributed by atoms with Gasteiger partial charge >= 0.3 is 0 Å². The lowest BCUT2D eigenvalue weighted by Crippen LogP contribution is -2.61. The smallest absolute Gasteiger partial charge is 0.222 e. The minimum atomic E-state index is -0.0416. The van der Waals surface area contributed by atoms with Gasteiger partial charge < -0.3 is 14.5 Å². The van der Waals surface area contributed by atoms with Crippen molar-refractivity contribution in [3.05, 3.63) is 23.9 Å². The van der Waals surface area contributed by atoms with Gasteiger partial charge in [-0.05, 0) is 32.0 Å². The van der Waals surface area contributed by atoms with Crippen LogP contribution in [0.1, 0.15) is 25.0 Å². The fraction of sp³-hybridized carbons (Fsp3) is 0.632. The highest BCUT2D eigenvalue weighted by molar-refractivity contribution is 5.76. The molecule has 3 heterocycles. The number of nitrogens with zero attached hydrogens (tertiary/aromatic N) is 5. The van der Waals surface area contributed by atoms with Crippen molar-refractivity contribution in [3.8, 4) is 6.07 Å². The van der Waals surface area contributed by atoms with Crippen LogP contribution in [-0.2, 0) is 9.53 Å². The molecule has 7 nitrogen and oxygen atoms in total. The molecule has 1 unspecified atom stereocenters. The van der Waals surface area contributed by atoms with Gasteiger partial charge in [0.2, 0.25) is 5.91 Å². The first-order valence-corrected chi connectivity index (χ1v) is 9.18. The summed E-state index contributed by atoms with van der Waals surface area (Å²) in [5, 5.41) is 9.12. The highest BCUT2D eigenvalue weighted by Gasteiger charge is 2.42. The van der Waals surface area contributed by atoms with Crippen molar-refractivity contribution in [2.45, 2.75) is 24.8 Å². The number of likely N-dealkylation sites (tertiary alicyclic amines) is 1. The van der Waals surface area contributed by atoms with Crippen LogP contribution >= 0.6 is 0 Å². The van der Waals surface area contributed by atoms with E-state index in [1.54, 1.807) is 13.2 Å². The molecule has 0 N–H and O–H groups in total. The number of pyridine rings is 1. The third kappa shape index (κ3) is 3.81. The Morgan fingerprint density at radius 3 is 2.92 bits per heavy atom. The van der Waals surface area contributed by atoms with Crippen LogP contribution in [0, 0.1) is 11.3 Å². The monoisotopic (exact) mass is 357 g/mol. The Hall–Kier alpha value is -2.17. The Morgan fingerprint density at radius 2 is 2.15 bits per heavy atom. The predicted molar refractivity (Wildman–Crippen MR) is 98.8 cm³/mol. The molecule has 2 saturated heterocycles. The normalized spacial score (nSPS) is 24.6. The standard InChI is InChI=1S/C19H27N5O2/c1-22-10-11-24(17-5-3-4-16(14-20)21-17)15-19(22)7-6-18(25)23(9-8-19)12-13-26-2/h3-5H,6-13,15H2,1-2H3. The van der Waals surface area contributed by atoms with Gasteiger partial charge in [0.1, 0.15) is 17.6 Å². The van der Waals surface area contributed by atoms with Gasteiger partial charge in [-0.2, -0.15) is 5.26 Å². The van der Waals surface area contributed by atoms with Crippen molar-refractivity contribution in [2.75, 3.05) is 58.4 Å².